The zero-order chi connectivity index (χ0) is 11.3. The maximum Gasteiger partial charge on any atom is 0.323 e. The normalized spacial score (nSPS) is 11.8. The molecule has 0 heterocycles. The molecular formula is C11H15NO2PY-. The van der Waals surface area contributed by atoms with E-state index in [1.165, 1.54) is 7.11 Å². The van der Waals surface area contributed by atoms with Crippen molar-refractivity contribution >= 4 is 15.4 Å². The predicted molar refractivity (Wildman–Crippen MR) is 62.3 cm³/mol. The molecule has 0 fully saturated rings. The van der Waals surface area contributed by atoms with Gasteiger partial charge in [0, 0.05) is 32.7 Å². The van der Waals surface area contributed by atoms with Gasteiger partial charge in [0.05, 0.1) is 7.11 Å². The van der Waals surface area contributed by atoms with E-state index < -0.39 is 0 Å². The third-order valence-electron chi connectivity index (χ3n) is 2.18. The molecule has 0 bridgehead atoms. The Bertz CT molecular complexity index is 319. The second-order valence-corrected chi connectivity index (χ2v) is 4.13. The minimum Gasteiger partial charge on any atom is -0.468 e. The molecule has 1 radical (unpaired) electrons. The SMILES string of the molecule is COC(=O)[C@H](Cc1cc[c-]cc1)N(C)P.[Y]. The van der Waals surface area contributed by atoms with Crippen molar-refractivity contribution in [2.24, 2.45) is 0 Å². The third kappa shape index (κ3) is 5.01. The quantitative estimate of drug-likeness (QED) is 0.477. The van der Waals surface area contributed by atoms with Crippen LogP contribution in [0.15, 0.2) is 24.3 Å². The van der Waals surface area contributed by atoms with E-state index in [0.717, 1.165) is 5.56 Å². The molecule has 0 aromatic heterocycles. The molecule has 0 spiro atoms. The van der Waals surface area contributed by atoms with Crippen molar-refractivity contribution in [2.75, 3.05) is 14.2 Å². The summed E-state index contributed by atoms with van der Waals surface area (Å²) in [7, 11) is 5.73. The van der Waals surface area contributed by atoms with Gasteiger partial charge in [-0.2, -0.15) is 35.9 Å². The first kappa shape index (κ1) is 16.2. The van der Waals surface area contributed by atoms with Crippen molar-refractivity contribution in [1.29, 1.82) is 0 Å². The number of likely N-dealkylation sites (N-methyl/N-ethyl adjacent to an activating group) is 1. The molecule has 5 heteroatoms. The number of carbonyl (C=O) groups is 1. The van der Waals surface area contributed by atoms with Gasteiger partial charge in [-0.1, -0.05) is 9.39 Å². The van der Waals surface area contributed by atoms with Gasteiger partial charge in [-0.05, 0) is 13.5 Å². The van der Waals surface area contributed by atoms with E-state index in [-0.39, 0.29) is 44.7 Å². The van der Waals surface area contributed by atoms with Crippen molar-refractivity contribution < 1.29 is 42.2 Å². The molecule has 3 nitrogen and oxygen atoms in total. The van der Waals surface area contributed by atoms with Crippen LogP contribution >= 0.6 is 9.39 Å². The molecule has 16 heavy (non-hydrogen) atoms. The van der Waals surface area contributed by atoms with Crippen molar-refractivity contribution in [3.63, 3.8) is 0 Å². The fourth-order valence-electron chi connectivity index (χ4n) is 1.31. The summed E-state index contributed by atoms with van der Waals surface area (Å²) in [5.41, 5.74) is 1.10. The number of nitrogens with zero attached hydrogens (tertiary/aromatic N) is 1. The molecule has 0 saturated carbocycles. The molecule has 0 amide bonds. The van der Waals surface area contributed by atoms with E-state index in [1.54, 1.807) is 4.67 Å². The van der Waals surface area contributed by atoms with E-state index in [9.17, 15) is 4.79 Å². The standard InChI is InChI=1S/C11H15NO2P.Y/c1-12(15)10(11(13)14-2)8-9-6-4-3-5-7-9;/h4-7,10H,8,15H2,1-2H3;/q-1;/t10-;/m0./s1. The summed E-state index contributed by atoms with van der Waals surface area (Å²) in [4.78, 5) is 11.5. The second kappa shape index (κ2) is 8.30. The molecule has 0 aliphatic heterocycles. The molecule has 85 valence electrons. The Hall–Kier alpha value is 0.184. The number of hydrogen-bond acceptors (Lipinski definition) is 3. The van der Waals surface area contributed by atoms with E-state index in [2.05, 4.69) is 15.5 Å². The number of carbonyl (C=O) groups excluding carboxylic acids is 1. The fourth-order valence-corrected chi connectivity index (χ4v) is 1.54. The molecule has 0 aliphatic carbocycles. The number of methoxy groups -OCH3 is 1. The Morgan fingerprint density at radius 3 is 2.56 bits per heavy atom. The Morgan fingerprint density at radius 1 is 1.56 bits per heavy atom. The topological polar surface area (TPSA) is 29.5 Å². The van der Waals surface area contributed by atoms with E-state index in [1.807, 2.05) is 31.3 Å². The summed E-state index contributed by atoms with van der Waals surface area (Å²) in [5, 5.41) is 0. The van der Waals surface area contributed by atoms with Gasteiger partial charge in [-0.3, -0.25) is 9.46 Å². The number of rotatable bonds is 4. The Labute approximate surface area is 124 Å². The van der Waals surface area contributed by atoms with Crippen LogP contribution in [0.3, 0.4) is 0 Å². The first-order valence-electron chi connectivity index (χ1n) is 4.65. The first-order chi connectivity index (χ1) is 7.15. The fraction of sp³-hybridized carbons (Fsp3) is 0.364. The van der Waals surface area contributed by atoms with Gasteiger partial charge in [-0.25, -0.2) is 0 Å². The summed E-state index contributed by atoms with van der Waals surface area (Å²) < 4.78 is 6.52. The van der Waals surface area contributed by atoms with Crippen molar-refractivity contribution in [2.45, 2.75) is 12.5 Å². The van der Waals surface area contributed by atoms with Crippen molar-refractivity contribution in [3.05, 3.63) is 35.9 Å². The van der Waals surface area contributed by atoms with Gasteiger partial charge >= 0.3 is 5.97 Å². The molecule has 2 atom stereocenters. The molecule has 1 aromatic carbocycles. The maximum atomic E-state index is 11.5. The molecular weight excluding hydrogens is 298 g/mol. The summed E-state index contributed by atoms with van der Waals surface area (Å²) in [5.74, 6) is -0.222. The second-order valence-electron chi connectivity index (χ2n) is 3.32. The number of hydrogen-bond donors (Lipinski definition) is 0. The van der Waals surface area contributed by atoms with Crippen LogP contribution in [0.5, 0.6) is 0 Å². The van der Waals surface area contributed by atoms with Gasteiger partial charge in [-0.15, -0.1) is 0 Å². The Kier molecular flexibility index (Phi) is 8.40. The third-order valence-corrected chi connectivity index (χ3v) is 2.54. The van der Waals surface area contributed by atoms with E-state index in [0.29, 0.717) is 6.42 Å². The average Bonchev–Trinajstić information content (AvgIpc) is 2.26. The van der Waals surface area contributed by atoms with Crippen LogP contribution in [0.4, 0.5) is 0 Å². The summed E-state index contributed by atoms with van der Waals surface area (Å²) in [6.07, 6.45) is 0.640. The van der Waals surface area contributed by atoms with Crippen LogP contribution in [0.1, 0.15) is 5.56 Å². The van der Waals surface area contributed by atoms with Crippen LogP contribution in [-0.4, -0.2) is 30.8 Å². The van der Waals surface area contributed by atoms with Crippen LogP contribution < -0.4 is 0 Å². The number of esters is 1. The van der Waals surface area contributed by atoms with Crippen molar-refractivity contribution in [1.82, 2.24) is 4.67 Å². The minimum atomic E-state index is -0.262. The molecule has 0 N–H and O–H groups in total. The largest absolute Gasteiger partial charge is 0.468 e. The summed E-state index contributed by atoms with van der Waals surface area (Å²) in [6.45, 7) is 0. The van der Waals surface area contributed by atoms with Gasteiger partial charge in [0.25, 0.3) is 0 Å². The zero-order valence-corrected chi connectivity index (χ0v) is 13.5. The number of ether oxygens (including phenoxy) is 1. The van der Waals surface area contributed by atoms with Crippen LogP contribution in [0.25, 0.3) is 0 Å². The van der Waals surface area contributed by atoms with Crippen LogP contribution in [0.2, 0.25) is 0 Å². The van der Waals surface area contributed by atoms with E-state index in [4.69, 9.17) is 4.74 Å². The van der Waals surface area contributed by atoms with Gasteiger partial charge in [0.1, 0.15) is 6.04 Å². The minimum absolute atomic E-state index is 0. The summed E-state index contributed by atoms with van der Waals surface area (Å²) in [6, 6.07) is 10.3. The molecule has 1 aromatic rings. The Balaban J connectivity index is 0.00000225. The van der Waals surface area contributed by atoms with Crippen LogP contribution in [0, 0.1) is 6.07 Å². The molecule has 1 unspecified atom stereocenters. The smallest absolute Gasteiger partial charge is 0.323 e. The van der Waals surface area contributed by atoms with Gasteiger partial charge in [0.2, 0.25) is 0 Å². The first-order valence-corrected chi connectivity index (χ1v) is 5.17. The molecule has 0 saturated heterocycles. The molecule has 0 aliphatic rings. The molecule has 1 rings (SSSR count). The van der Waals surface area contributed by atoms with Crippen molar-refractivity contribution in [3.8, 4) is 0 Å². The van der Waals surface area contributed by atoms with Crippen LogP contribution in [-0.2, 0) is 48.7 Å². The monoisotopic (exact) mass is 313 g/mol. The zero-order valence-electron chi connectivity index (χ0n) is 9.51. The summed E-state index contributed by atoms with van der Waals surface area (Å²) >= 11 is 0. The maximum absolute atomic E-state index is 11.5. The number of benzene rings is 1. The average molecular weight is 313 g/mol. The Morgan fingerprint density at radius 2 is 2.12 bits per heavy atom. The van der Waals surface area contributed by atoms with Gasteiger partial charge < -0.3 is 4.74 Å². The van der Waals surface area contributed by atoms with Gasteiger partial charge in [0.15, 0.2) is 0 Å². The predicted octanol–water partition coefficient (Wildman–Crippen LogP) is 1.29. The van der Waals surface area contributed by atoms with E-state index >= 15 is 0 Å².